The van der Waals surface area contributed by atoms with Gasteiger partial charge in [0.1, 0.15) is 11.6 Å². The fourth-order valence-electron chi connectivity index (χ4n) is 4.30. The molecule has 0 bridgehead atoms. The summed E-state index contributed by atoms with van der Waals surface area (Å²) in [4.78, 5) is 18.2. The van der Waals surface area contributed by atoms with Gasteiger partial charge in [-0.2, -0.15) is 5.48 Å². The maximum atomic E-state index is 13.9. The number of hydrogen-bond donors (Lipinski definition) is 3. The van der Waals surface area contributed by atoms with Crippen LogP contribution in [0.5, 0.6) is 11.5 Å². The normalized spacial score (nSPS) is 11.6. The van der Waals surface area contributed by atoms with Gasteiger partial charge in [0.15, 0.2) is 11.2 Å². The first kappa shape index (κ1) is 26.1. The van der Waals surface area contributed by atoms with Crippen molar-refractivity contribution in [1.29, 1.82) is 5.41 Å². The average Bonchev–Trinajstić information content (AvgIpc) is 2.83. The Balaban J connectivity index is 2.03. The number of aryl methyl sites for hydroxylation is 3. The number of rotatable bonds is 6. The molecule has 3 aromatic carbocycles. The number of benzene rings is 3. The van der Waals surface area contributed by atoms with Gasteiger partial charge in [-0.05, 0) is 93.8 Å². The van der Waals surface area contributed by atoms with Gasteiger partial charge in [0.2, 0.25) is 5.90 Å². The van der Waals surface area contributed by atoms with E-state index in [2.05, 4.69) is 5.48 Å². The Hall–Kier alpha value is -4.01. The van der Waals surface area contributed by atoms with Crippen LogP contribution in [0.2, 0.25) is 0 Å². The van der Waals surface area contributed by atoms with Crippen molar-refractivity contribution in [3.63, 3.8) is 0 Å². The summed E-state index contributed by atoms with van der Waals surface area (Å²) >= 11 is 0. The number of fused-ring (bicyclic) bond motifs is 1. The quantitative estimate of drug-likeness (QED) is 0.182. The fourth-order valence-corrected chi connectivity index (χ4v) is 4.30. The number of halogens is 1. The Labute approximate surface area is 214 Å². The molecule has 37 heavy (non-hydrogen) atoms. The summed E-state index contributed by atoms with van der Waals surface area (Å²) in [5.41, 5.74) is 5.18. The SMILES string of the molecule is CNOC(=N)c1ccc2c(=O)c(C)cn(-c3cc(C(C)(C)O)ccc3Oc3c(C)cc(F)cc3C)c2c1. The van der Waals surface area contributed by atoms with Gasteiger partial charge in [-0.3, -0.25) is 10.2 Å². The number of aliphatic hydroxyl groups is 1. The molecule has 0 aliphatic rings. The third-order valence-corrected chi connectivity index (χ3v) is 6.21. The molecule has 0 aliphatic heterocycles. The predicted molar refractivity (Wildman–Crippen MR) is 142 cm³/mol. The third-order valence-electron chi connectivity index (χ3n) is 6.21. The second kappa shape index (κ2) is 9.80. The number of nitrogens with zero attached hydrogens (tertiary/aromatic N) is 1. The Kier molecular flexibility index (Phi) is 6.90. The zero-order valence-corrected chi connectivity index (χ0v) is 21.7. The van der Waals surface area contributed by atoms with Gasteiger partial charge in [0.05, 0.1) is 16.8 Å². The Morgan fingerprint density at radius 2 is 1.70 bits per heavy atom. The molecule has 4 aromatic rings. The summed E-state index contributed by atoms with van der Waals surface area (Å²) in [6.07, 6.45) is 1.71. The largest absolute Gasteiger partial charge is 0.455 e. The minimum absolute atomic E-state index is 0.108. The summed E-state index contributed by atoms with van der Waals surface area (Å²) in [5.74, 6) is 0.511. The van der Waals surface area contributed by atoms with Gasteiger partial charge in [-0.15, -0.1) is 0 Å². The highest BCUT2D eigenvalue weighted by atomic mass is 19.1. The van der Waals surface area contributed by atoms with Gasteiger partial charge in [0.25, 0.3) is 0 Å². The van der Waals surface area contributed by atoms with E-state index in [1.54, 1.807) is 88.8 Å². The van der Waals surface area contributed by atoms with Crippen LogP contribution in [0, 0.1) is 32.0 Å². The first-order valence-corrected chi connectivity index (χ1v) is 11.8. The van der Waals surface area contributed by atoms with E-state index < -0.39 is 5.60 Å². The van der Waals surface area contributed by atoms with Crippen LogP contribution in [-0.4, -0.2) is 22.6 Å². The molecule has 0 saturated carbocycles. The molecule has 0 atom stereocenters. The summed E-state index contributed by atoms with van der Waals surface area (Å²) in [6.45, 7) is 8.64. The number of hydrogen-bond acceptors (Lipinski definition) is 6. The van der Waals surface area contributed by atoms with E-state index in [-0.39, 0.29) is 17.1 Å². The van der Waals surface area contributed by atoms with E-state index in [4.69, 9.17) is 15.0 Å². The van der Waals surface area contributed by atoms with Gasteiger partial charge in [0, 0.05) is 29.8 Å². The second-order valence-corrected chi connectivity index (χ2v) is 9.59. The molecule has 7 nitrogen and oxygen atoms in total. The number of ether oxygens (including phenoxy) is 1. The van der Waals surface area contributed by atoms with Crippen molar-refractivity contribution >= 4 is 16.8 Å². The lowest BCUT2D eigenvalue weighted by atomic mass is 9.97. The number of aromatic nitrogens is 1. The van der Waals surface area contributed by atoms with Crippen LogP contribution in [0.25, 0.3) is 16.6 Å². The lowest BCUT2D eigenvalue weighted by Crippen LogP contribution is -2.18. The van der Waals surface area contributed by atoms with Crippen LogP contribution in [-0.2, 0) is 10.4 Å². The van der Waals surface area contributed by atoms with Crippen molar-refractivity contribution in [3.05, 3.63) is 98.6 Å². The average molecular weight is 504 g/mol. The van der Waals surface area contributed by atoms with E-state index in [1.165, 1.54) is 12.1 Å². The Morgan fingerprint density at radius 1 is 1.03 bits per heavy atom. The Morgan fingerprint density at radius 3 is 2.32 bits per heavy atom. The zero-order chi connectivity index (χ0) is 27.1. The van der Waals surface area contributed by atoms with Gasteiger partial charge in [-0.1, -0.05) is 6.07 Å². The molecule has 8 heteroatoms. The molecule has 0 amide bonds. The molecule has 1 heterocycles. The van der Waals surface area contributed by atoms with Gasteiger partial charge < -0.3 is 19.2 Å². The molecular weight excluding hydrogens is 473 g/mol. The number of pyridine rings is 1. The molecule has 0 radical (unpaired) electrons. The highest BCUT2D eigenvalue weighted by molar-refractivity contribution is 5.96. The first-order chi connectivity index (χ1) is 17.4. The van der Waals surface area contributed by atoms with Crippen molar-refractivity contribution in [2.75, 3.05) is 7.05 Å². The number of hydroxylamine groups is 1. The van der Waals surface area contributed by atoms with Crippen molar-refractivity contribution in [2.45, 2.75) is 40.2 Å². The topological polar surface area (TPSA) is 96.6 Å². The lowest BCUT2D eigenvalue weighted by molar-refractivity contribution is 0.0785. The third kappa shape index (κ3) is 5.12. The van der Waals surface area contributed by atoms with E-state index in [9.17, 15) is 14.3 Å². The monoisotopic (exact) mass is 503 g/mol. The lowest BCUT2D eigenvalue weighted by Gasteiger charge is -2.23. The smallest absolute Gasteiger partial charge is 0.237 e. The molecule has 0 saturated heterocycles. The summed E-state index contributed by atoms with van der Waals surface area (Å²) < 4.78 is 22.1. The number of nitrogens with one attached hydrogen (secondary N) is 2. The van der Waals surface area contributed by atoms with Crippen molar-refractivity contribution < 1.29 is 19.1 Å². The molecule has 0 aliphatic carbocycles. The van der Waals surface area contributed by atoms with E-state index >= 15 is 0 Å². The summed E-state index contributed by atoms with van der Waals surface area (Å²) in [6, 6.07) is 13.2. The standard InChI is InChI=1S/C29H30FN3O4/c1-16-11-21(30)12-17(2)27(16)36-25-10-8-20(29(4,5)35)14-24(25)33-15-18(3)26(34)22-9-7-19(13-23(22)33)28(31)37-32-6/h7-15,31-32,35H,1-6H3. The molecule has 192 valence electrons. The summed E-state index contributed by atoms with van der Waals surface area (Å²) in [5, 5.41) is 19.4. The molecule has 3 N–H and O–H groups in total. The second-order valence-electron chi connectivity index (χ2n) is 9.59. The van der Waals surface area contributed by atoms with Crippen LogP contribution in [0.4, 0.5) is 4.39 Å². The first-order valence-electron chi connectivity index (χ1n) is 11.8. The fraction of sp³-hybridized carbons (Fsp3) is 0.241. The summed E-state index contributed by atoms with van der Waals surface area (Å²) in [7, 11) is 1.56. The van der Waals surface area contributed by atoms with Gasteiger partial charge in [-0.25, -0.2) is 4.39 Å². The molecule has 1 aromatic heterocycles. The minimum atomic E-state index is -1.15. The maximum absolute atomic E-state index is 13.9. The molecule has 0 unspecified atom stereocenters. The molecule has 4 rings (SSSR count). The van der Waals surface area contributed by atoms with E-state index in [1.807, 2.05) is 0 Å². The predicted octanol–water partition coefficient (Wildman–Crippen LogP) is 5.55. The molecular formula is C29H30FN3O4. The maximum Gasteiger partial charge on any atom is 0.237 e. The minimum Gasteiger partial charge on any atom is -0.455 e. The molecule has 0 spiro atoms. The highest BCUT2D eigenvalue weighted by Crippen LogP contribution is 2.36. The van der Waals surface area contributed by atoms with Crippen LogP contribution >= 0.6 is 0 Å². The van der Waals surface area contributed by atoms with Crippen LogP contribution in [0.15, 0.2) is 59.5 Å². The van der Waals surface area contributed by atoms with E-state index in [0.717, 1.165) is 0 Å². The van der Waals surface area contributed by atoms with Crippen LogP contribution in [0.3, 0.4) is 0 Å². The van der Waals surface area contributed by atoms with Crippen molar-refractivity contribution in [2.24, 2.45) is 0 Å². The zero-order valence-electron chi connectivity index (χ0n) is 21.7. The van der Waals surface area contributed by atoms with Crippen LogP contribution in [0.1, 0.15) is 41.7 Å². The van der Waals surface area contributed by atoms with Crippen molar-refractivity contribution in [3.8, 4) is 17.2 Å². The van der Waals surface area contributed by atoms with E-state index in [0.29, 0.717) is 55.9 Å². The molecule has 0 fully saturated rings. The van der Waals surface area contributed by atoms with Crippen LogP contribution < -0.4 is 15.6 Å². The Bertz CT molecular complexity index is 1560. The highest BCUT2D eigenvalue weighted by Gasteiger charge is 2.21. The van der Waals surface area contributed by atoms with Gasteiger partial charge >= 0.3 is 0 Å². The van der Waals surface area contributed by atoms with Crippen molar-refractivity contribution in [1.82, 2.24) is 10.0 Å².